The van der Waals surface area contributed by atoms with E-state index in [0.717, 1.165) is 19.3 Å². The average Bonchev–Trinajstić information content (AvgIpc) is 2.13. The average molecular weight is 184 g/mol. The predicted octanol–water partition coefficient (Wildman–Crippen LogP) is 3.08. The Labute approximate surface area is 81.0 Å². The lowest BCUT2D eigenvalue weighted by Crippen LogP contribution is -1.96. The van der Waals surface area contributed by atoms with Crippen LogP contribution in [0.25, 0.3) is 0 Å². The fraction of sp³-hybridized carbons (Fsp3) is 0.727. The summed E-state index contributed by atoms with van der Waals surface area (Å²) in [6, 6.07) is 0. The van der Waals surface area contributed by atoms with Gasteiger partial charge in [-0.15, -0.1) is 0 Å². The number of carbonyl (C=O) groups is 1. The highest BCUT2D eigenvalue weighted by Gasteiger charge is 1.98. The molecule has 0 aliphatic rings. The van der Waals surface area contributed by atoms with Gasteiger partial charge in [0.25, 0.3) is 0 Å². The van der Waals surface area contributed by atoms with Crippen LogP contribution in [0.5, 0.6) is 0 Å². The molecule has 0 saturated carbocycles. The summed E-state index contributed by atoms with van der Waals surface area (Å²) in [6.45, 7) is 2.14. The van der Waals surface area contributed by atoms with E-state index in [9.17, 15) is 4.79 Å². The molecule has 0 aliphatic heterocycles. The number of methoxy groups -OCH3 is 1. The van der Waals surface area contributed by atoms with Gasteiger partial charge in [0.05, 0.1) is 13.4 Å². The second kappa shape index (κ2) is 9.30. The van der Waals surface area contributed by atoms with Crippen LogP contribution in [-0.2, 0) is 9.53 Å². The molecule has 0 aliphatic carbocycles. The van der Waals surface area contributed by atoms with Gasteiger partial charge in [-0.2, -0.15) is 0 Å². The predicted molar refractivity (Wildman–Crippen MR) is 54.5 cm³/mol. The SMILES string of the molecule is CCCCCC(=O)CCC=COC. The minimum Gasteiger partial charge on any atom is -0.505 e. The van der Waals surface area contributed by atoms with Crippen molar-refractivity contribution in [2.45, 2.75) is 45.4 Å². The lowest BCUT2D eigenvalue weighted by Gasteiger charge is -1.97. The zero-order valence-electron chi connectivity index (χ0n) is 8.71. The maximum absolute atomic E-state index is 11.2. The summed E-state index contributed by atoms with van der Waals surface area (Å²) in [5, 5.41) is 0. The monoisotopic (exact) mass is 184 g/mol. The summed E-state index contributed by atoms with van der Waals surface area (Å²) < 4.78 is 4.73. The Morgan fingerprint density at radius 3 is 2.69 bits per heavy atom. The van der Waals surface area contributed by atoms with Crippen LogP contribution in [-0.4, -0.2) is 12.9 Å². The number of ether oxygens (including phenoxy) is 1. The van der Waals surface area contributed by atoms with Gasteiger partial charge in [-0.1, -0.05) is 19.8 Å². The molecule has 0 atom stereocenters. The highest BCUT2D eigenvalue weighted by atomic mass is 16.5. The second-order valence-electron chi connectivity index (χ2n) is 3.14. The van der Waals surface area contributed by atoms with Gasteiger partial charge >= 0.3 is 0 Å². The van der Waals surface area contributed by atoms with Gasteiger partial charge in [0, 0.05) is 12.8 Å². The molecular formula is C11H20O2. The molecule has 0 bridgehead atoms. The van der Waals surface area contributed by atoms with E-state index in [1.165, 1.54) is 12.8 Å². The topological polar surface area (TPSA) is 26.3 Å². The minimum absolute atomic E-state index is 0.370. The summed E-state index contributed by atoms with van der Waals surface area (Å²) in [5.74, 6) is 0.370. The molecule has 2 nitrogen and oxygen atoms in total. The molecule has 13 heavy (non-hydrogen) atoms. The van der Waals surface area contributed by atoms with E-state index in [0.29, 0.717) is 12.2 Å². The third-order valence-corrected chi connectivity index (χ3v) is 1.88. The van der Waals surface area contributed by atoms with Crippen molar-refractivity contribution in [3.05, 3.63) is 12.3 Å². The third-order valence-electron chi connectivity index (χ3n) is 1.88. The zero-order chi connectivity index (χ0) is 9.94. The standard InChI is InChI=1S/C11H20O2/c1-3-4-5-8-11(12)9-6-7-10-13-2/h7,10H,3-6,8-9H2,1-2H3. The van der Waals surface area contributed by atoms with Gasteiger partial charge in [0.15, 0.2) is 0 Å². The van der Waals surface area contributed by atoms with Crippen LogP contribution in [0, 0.1) is 0 Å². The van der Waals surface area contributed by atoms with Crippen LogP contribution in [0.15, 0.2) is 12.3 Å². The van der Waals surface area contributed by atoms with Gasteiger partial charge in [-0.05, 0) is 18.9 Å². The van der Waals surface area contributed by atoms with Crippen molar-refractivity contribution in [1.29, 1.82) is 0 Å². The van der Waals surface area contributed by atoms with Gasteiger partial charge in [-0.25, -0.2) is 0 Å². The van der Waals surface area contributed by atoms with Crippen molar-refractivity contribution < 1.29 is 9.53 Å². The lowest BCUT2D eigenvalue weighted by molar-refractivity contribution is -0.119. The van der Waals surface area contributed by atoms with Crippen molar-refractivity contribution in [2.75, 3.05) is 7.11 Å². The number of hydrogen-bond acceptors (Lipinski definition) is 2. The number of hydrogen-bond donors (Lipinski definition) is 0. The van der Waals surface area contributed by atoms with E-state index in [4.69, 9.17) is 4.74 Å². The molecule has 76 valence electrons. The maximum atomic E-state index is 11.2. The van der Waals surface area contributed by atoms with Crippen LogP contribution in [0.2, 0.25) is 0 Å². The van der Waals surface area contributed by atoms with Crippen molar-refractivity contribution in [1.82, 2.24) is 0 Å². The number of carbonyl (C=O) groups excluding carboxylic acids is 1. The Morgan fingerprint density at radius 2 is 2.08 bits per heavy atom. The van der Waals surface area contributed by atoms with E-state index in [1.807, 2.05) is 6.08 Å². The van der Waals surface area contributed by atoms with Crippen LogP contribution in [0.4, 0.5) is 0 Å². The van der Waals surface area contributed by atoms with E-state index in [2.05, 4.69) is 6.92 Å². The van der Waals surface area contributed by atoms with Crippen LogP contribution < -0.4 is 0 Å². The molecular weight excluding hydrogens is 164 g/mol. The molecule has 0 rings (SSSR count). The highest BCUT2D eigenvalue weighted by molar-refractivity contribution is 5.78. The summed E-state index contributed by atoms with van der Waals surface area (Å²) in [6.07, 6.45) is 9.11. The molecule has 0 unspecified atom stereocenters. The van der Waals surface area contributed by atoms with Crippen LogP contribution in [0.1, 0.15) is 45.4 Å². The first-order valence-electron chi connectivity index (χ1n) is 5.00. The maximum Gasteiger partial charge on any atom is 0.133 e. The number of ketones is 1. The number of unbranched alkanes of at least 4 members (excludes halogenated alkanes) is 2. The second-order valence-corrected chi connectivity index (χ2v) is 3.14. The van der Waals surface area contributed by atoms with Gasteiger partial charge in [-0.3, -0.25) is 4.79 Å². The van der Waals surface area contributed by atoms with Crippen molar-refractivity contribution in [3.8, 4) is 0 Å². The molecule has 0 fully saturated rings. The normalized spacial score (nSPS) is 10.6. The third kappa shape index (κ3) is 9.12. The molecule has 0 aromatic rings. The molecule has 2 heteroatoms. The van der Waals surface area contributed by atoms with Gasteiger partial charge in [0.1, 0.15) is 5.78 Å². The Balaban J connectivity index is 3.25. The zero-order valence-corrected chi connectivity index (χ0v) is 8.71. The minimum atomic E-state index is 0.370. The van der Waals surface area contributed by atoms with E-state index >= 15 is 0 Å². The summed E-state index contributed by atoms with van der Waals surface area (Å²) >= 11 is 0. The summed E-state index contributed by atoms with van der Waals surface area (Å²) in [4.78, 5) is 11.2. The smallest absolute Gasteiger partial charge is 0.133 e. The van der Waals surface area contributed by atoms with Gasteiger partial charge in [0.2, 0.25) is 0 Å². The van der Waals surface area contributed by atoms with Gasteiger partial charge < -0.3 is 4.74 Å². The lowest BCUT2D eigenvalue weighted by atomic mass is 10.1. The first-order chi connectivity index (χ1) is 6.31. The first-order valence-corrected chi connectivity index (χ1v) is 5.00. The largest absolute Gasteiger partial charge is 0.505 e. The van der Waals surface area contributed by atoms with Crippen molar-refractivity contribution in [2.24, 2.45) is 0 Å². The molecule has 0 saturated heterocycles. The molecule has 0 spiro atoms. The molecule has 0 N–H and O–H groups in total. The van der Waals surface area contributed by atoms with E-state index in [1.54, 1.807) is 13.4 Å². The summed E-state index contributed by atoms with van der Waals surface area (Å²) in [7, 11) is 1.61. The molecule has 0 heterocycles. The quantitative estimate of drug-likeness (QED) is 0.428. The summed E-state index contributed by atoms with van der Waals surface area (Å²) in [5.41, 5.74) is 0. The Kier molecular flexibility index (Phi) is 8.73. The van der Waals surface area contributed by atoms with Crippen molar-refractivity contribution in [3.63, 3.8) is 0 Å². The van der Waals surface area contributed by atoms with Crippen molar-refractivity contribution >= 4 is 5.78 Å². The Hall–Kier alpha value is -0.790. The molecule has 0 aromatic heterocycles. The number of allylic oxidation sites excluding steroid dienone is 1. The van der Waals surface area contributed by atoms with E-state index in [-0.39, 0.29) is 0 Å². The van der Waals surface area contributed by atoms with Crippen LogP contribution >= 0.6 is 0 Å². The van der Waals surface area contributed by atoms with E-state index < -0.39 is 0 Å². The fourth-order valence-electron chi connectivity index (χ4n) is 1.11. The van der Waals surface area contributed by atoms with Crippen LogP contribution in [0.3, 0.4) is 0 Å². The number of Topliss-reactive ketones (excluding diaryl/α,β-unsaturated/α-hetero) is 1. The fourth-order valence-corrected chi connectivity index (χ4v) is 1.11. The Bertz CT molecular complexity index is 150. The molecule has 0 aromatic carbocycles. The Morgan fingerprint density at radius 1 is 1.31 bits per heavy atom. The molecule has 0 radical (unpaired) electrons. The highest BCUT2D eigenvalue weighted by Crippen LogP contribution is 2.03. The number of rotatable bonds is 8. The molecule has 0 amide bonds. The first kappa shape index (κ1) is 12.2.